The number of rotatable bonds is 8. The molecule has 0 spiro atoms. The first-order chi connectivity index (χ1) is 17.9. The van der Waals surface area contributed by atoms with E-state index < -0.39 is 33.6 Å². The highest BCUT2D eigenvalue weighted by Gasteiger charge is 2.67. The van der Waals surface area contributed by atoms with Crippen molar-refractivity contribution in [1.29, 1.82) is 0 Å². The summed E-state index contributed by atoms with van der Waals surface area (Å²) in [6.45, 7) is 11.9. The molecule has 39 heavy (non-hydrogen) atoms. The largest absolute Gasteiger partial charge is 0.748 e. The number of fused-ring (bicyclic) bond motifs is 5. The molecular weight excluding hydrogens is 518 g/mol. The molecule has 4 N–H and O–H groups in total. The molecule has 4 aliphatic rings. The van der Waals surface area contributed by atoms with E-state index in [1.165, 1.54) is 13.8 Å². The lowest BCUT2D eigenvalue weighted by atomic mass is 9.41. The van der Waals surface area contributed by atoms with Crippen molar-refractivity contribution in [3.8, 4) is 0 Å². The molecule has 8 nitrogen and oxygen atoms in total. The van der Waals surface area contributed by atoms with Gasteiger partial charge in [0.05, 0.1) is 34.2 Å². The normalized spacial score (nSPS) is 45.1. The average Bonchev–Trinajstić information content (AvgIpc) is 3.16. The quantitative estimate of drug-likeness (QED) is 0.327. The van der Waals surface area contributed by atoms with E-state index in [0.717, 1.165) is 38.5 Å². The van der Waals surface area contributed by atoms with Gasteiger partial charge in [0.15, 0.2) is 0 Å². The highest BCUT2D eigenvalue weighted by atomic mass is 32.2. The first-order valence-electron chi connectivity index (χ1n) is 15.2. The van der Waals surface area contributed by atoms with Crippen molar-refractivity contribution in [3.05, 3.63) is 0 Å². The summed E-state index contributed by atoms with van der Waals surface area (Å²) in [6.07, 6.45) is 5.58. The Morgan fingerprint density at radius 1 is 1.08 bits per heavy atom. The Bertz CT molecular complexity index is 1020. The fraction of sp³-hybridized carbons (Fsp3) is 0.967. The van der Waals surface area contributed by atoms with Crippen LogP contribution in [0.15, 0.2) is 0 Å². The lowest BCUT2D eigenvalue weighted by Crippen LogP contribution is -2.65. The molecule has 0 saturated heterocycles. The van der Waals surface area contributed by atoms with E-state index >= 15 is 0 Å². The number of amides is 1. The Kier molecular flexibility index (Phi) is 8.66. The first kappa shape index (κ1) is 31.2. The van der Waals surface area contributed by atoms with E-state index in [-0.39, 0.29) is 70.7 Å². The van der Waals surface area contributed by atoms with Gasteiger partial charge in [0, 0.05) is 12.0 Å². The maximum absolute atomic E-state index is 12.7. The number of carbonyl (C=O) groups is 1. The minimum atomic E-state index is -4.46. The molecule has 0 radical (unpaired) electrons. The van der Waals surface area contributed by atoms with Gasteiger partial charge in [0.1, 0.15) is 0 Å². The van der Waals surface area contributed by atoms with Crippen molar-refractivity contribution in [1.82, 2.24) is 5.32 Å². The third kappa shape index (κ3) is 5.69. The summed E-state index contributed by atoms with van der Waals surface area (Å²) in [6, 6.07) is 0. The topological polar surface area (TPSA) is 147 Å². The summed E-state index contributed by atoms with van der Waals surface area (Å²) < 4.78 is 33.6. The van der Waals surface area contributed by atoms with Crippen LogP contribution < -0.4 is 5.32 Å². The molecule has 0 heterocycles. The van der Waals surface area contributed by atoms with E-state index in [4.69, 9.17) is 0 Å². The van der Waals surface area contributed by atoms with Gasteiger partial charge in [-0.25, -0.2) is 8.42 Å². The number of nitrogens with one attached hydrogen (secondary N) is 1. The minimum absolute atomic E-state index is 0.0122. The SMILES string of the molecule is CC[C@H]1[C@@H](O)[C@@H]2[C@H](C[C@H](O)[C@]3(C)[C@@H]([C@H](C)CCC(=O)NC(C)(C)CS(=O)(=O)[O-])CC[C@@H]23)[C@@]2(C)CC[C@@H](O)C[C@@H]12. The minimum Gasteiger partial charge on any atom is -0.748 e. The maximum Gasteiger partial charge on any atom is 0.220 e. The molecule has 0 aliphatic heterocycles. The highest BCUT2D eigenvalue weighted by molar-refractivity contribution is 7.85. The molecule has 0 aromatic heterocycles. The zero-order chi connectivity index (χ0) is 29.1. The number of hydrogen-bond donors (Lipinski definition) is 4. The van der Waals surface area contributed by atoms with E-state index in [0.29, 0.717) is 12.8 Å². The molecule has 226 valence electrons. The van der Waals surface area contributed by atoms with Crippen LogP contribution in [0.3, 0.4) is 0 Å². The van der Waals surface area contributed by atoms with Crippen LogP contribution in [0.2, 0.25) is 0 Å². The molecule has 0 aromatic carbocycles. The molecule has 4 rings (SSSR count). The van der Waals surface area contributed by atoms with Gasteiger partial charge in [-0.3, -0.25) is 4.79 Å². The van der Waals surface area contributed by atoms with E-state index in [2.05, 4.69) is 33.0 Å². The first-order valence-corrected chi connectivity index (χ1v) is 16.8. The number of hydrogen-bond acceptors (Lipinski definition) is 7. The Balaban J connectivity index is 1.49. The van der Waals surface area contributed by atoms with Crippen LogP contribution in [-0.4, -0.2) is 63.8 Å². The van der Waals surface area contributed by atoms with Gasteiger partial charge in [-0.2, -0.15) is 0 Å². The van der Waals surface area contributed by atoms with Crippen molar-refractivity contribution in [2.45, 2.75) is 123 Å². The van der Waals surface area contributed by atoms with Gasteiger partial charge in [-0.15, -0.1) is 0 Å². The van der Waals surface area contributed by atoms with Crippen LogP contribution in [0.4, 0.5) is 0 Å². The average molecular weight is 571 g/mol. The number of carbonyl (C=O) groups excluding carboxylic acids is 1. The summed E-state index contributed by atoms with van der Waals surface area (Å²) in [4.78, 5) is 12.7. The fourth-order valence-corrected chi connectivity index (χ4v) is 11.3. The third-order valence-electron chi connectivity index (χ3n) is 12.1. The van der Waals surface area contributed by atoms with Gasteiger partial charge in [0.25, 0.3) is 0 Å². The van der Waals surface area contributed by atoms with Gasteiger partial charge in [0.2, 0.25) is 5.91 Å². The Hall–Kier alpha value is -0.740. The van der Waals surface area contributed by atoms with Gasteiger partial charge in [-0.1, -0.05) is 34.1 Å². The van der Waals surface area contributed by atoms with Crippen LogP contribution in [0.1, 0.15) is 99.3 Å². The van der Waals surface area contributed by atoms with Crippen LogP contribution >= 0.6 is 0 Å². The molecule has 0 bridgehead atoms. The van der Waals surface area contributed by atoms with Crippen molar-refractivity contribution in [2.24, 2.45) is 52.3 Å². The summed E-state index contributed by atoms with van der Waals surface area (Å²) >= 11 is 0. The highest BCUT2D eigenvalue weighted by Crippen LogP contribution is 2.69. The lowest BCUT2D eigenvalue weighted by Gasteiger charge is -2.65. The smallest absolute Gasteiger partial charge is 0.220 e. The summed E-state index contributed by atoms with van der Waals surface area (Å²) in [5.74, 6) is 0.468. The molecule has 0 unspecified atom stereocenters. The summed E-state index contributed by atoms with van der Waals surface area (Å²) in [7, 11) is -4.46. The van der Waals surface area contributed by atoms with Crippen LogP contribution in [0.5, 0.6) is 0 Å². The third-order valence-corrected chi connectivity index (χ3v) is 13.2. The molecule has 4 aliphatic carbocycles. The van der Waals surface area contributed by atoms with Crippen molar-refractivity contribution in [2.75, 3.05) is 5.75 Å². The van der Waals surface area contributed by atoms with Gasteiger partial charge < -0.3 is 25.2 Å². The Labute approximate surface area is 235 Å². The monoisotopic (exact) mass is 570 g/mol. The number of aliphatic hydroxyl groups is 3. The predicted molar refractivity (Wildman–Crippen MR) is 148 cm³/mol. The second-order valence-electron chi connectivity index (χ2n) is 14.8. The van der Waals surface area contributed by atoms with Gasteiger partial charge in [-0.05, 0) is 111 Å². The molecule has 1 amide bonds. The Morgan fingerprint density at radius 2 is 1.74 bits per heavy atom. The summed E-state index contributed by atoms with van der Waals surface area (Å²) in [5, 5.41) is 36.9. The second kappa shape index (κ2) is 10.8. The second-order valence-corrected chi connectivity index (χ2v) is 16.2. The zero-order valence-corrected chi connectivity index (χ0v) is 25.5. The molecule has 4 saturated carbocycles. The maximum atomic E-state index is 12.7. The van der Waals surface area contributed by atoms with Crippen molar-refractivity contribution < 1.29 is 33.1 Å². The van der Waals surface area contributed by atoms with E-state index in [1.807, 2.05) is 0 Å². The van der Waals surface area contributed by atoms with Gasteiger partial charge >= 0.3 is 0 Å². The lowest BCUT2D eigenvalue weighted by molar-refractivity contribution is -0.228. The standard InChI is InChI=1S/C30H53NO7S/c1-7-19-22-14-18(32)12-13-29(22,5)23-15-24(33)30(6)20(9-10-21(30)26(23)27(19)35)17(2)8-11-25(34)31-28(3,4)16-39(36,37)38/h17-24,26-27,32-33,35H,7-16H2,1-6H3,(H,31,34)(H,36,37,38)/p-1/t17-,18-,19-,20-,21+,22+,23+,24+,26+,27-,29+,30-/m1/s1. The molecule has 0 aromatic rings. The van der Waals surface area contributed by atoms with Crippen molar-refractivity contribution in [3.63, 3.8) is 0 Å². The van der Waals surface area contributed by atoms with Crippen molar-refractivity contribution >= 4 is 16.0 Å². The zero-order valence-electron chi connectivity index (χ0n) is 24.7. The fourth-order valence-electron chi connectivity index (χ4n) is 10.4. The molecule has 4 fully saturated rings. The van der Waals surface area contributed by atoms with E-state index in [9.17, 15) is 33.1 Å². The summed E-state index contributed by atoms with van der Waals surface area (Å²) in [5.41, 5.74) is -1.46. The molecule has 12 atom stereocenters. The molecular formula is C30H52NO7S-. The predicted octanol–water partition coefficient (Wildman–Crippen LogP) is 3.44. The van der Waals surface area contributed by atoms with Crippen LogP contribution in [0, 0.1) is 52.3 Å². The van der Waals surface area contributed by atoms with Crippen LogP contribution in [0.25, 0.3) is 0 Å². The number of aliphatic hydroxyl groups excluding tert-OH is 3. The Morgan fingerprint density at radius 3 is 2.36 bits per heavy atom. The van der Waals surface area contributed by atoms with E-state index in [1.54, 1.807) is 0 Å². The molecule has 9 heteroatoms. The van der Waals surface area contributed by atoms with Crippen LogP contribution in [-0.2, 0) is 14.9 Å².